The number of hydrogen-bond donors (Lipinski definition) is 1. The predicted octanol–water partition coefficient (Wildman–Crippen LogP) is 1.48. The van der Waals surface area contributed by atoms with Crippen LogP contribution in [0.5, 0.6) is 11.5 Å². The monoisotopic (exact) mass is 351 g/mol. The quantitative estimate of drug-likeness (QED) is 0.341. The lowest BCUT2D eigenvalue weighted by Crippen LogP contribution is -2.36. The second kappa shape index (κ2) is 7.93. The van der Waals surface area contributed by atoms with Crippen molar-refractivity contribution in [3.63, 3.8) is 0 Å². The van der Waals surface area contributed by atoms with E-state index in [1.807, 2.05) is 0 Å². The van der Waals surface area contributed by atoms with Gasteiger partial charge in [0.05, 0.1) is 24.1 Å². The molecule has 1 saturated heterocycles. The molecule has 1 aliphatic heterocycles. The number of nitrogens with two attached hydrogens (primary N) is 1. The summed E-state index contributed by atoms with van der Waals surface area (Å²) in [5.41, 5.74) is 5.17. The van der Waals surface area contributed by atoms with Crippen molar-refractivity contribution in [3.05, 3.63) is 27.8 Å². The summed E-state index contributed by atoms with van der Waals surface area (Å²) in [7, 11) is 1.36. The first-order chi connectivity index (χ1) is 11.9. The van der Waals surface area contributed by atoms with Gasteiger partial charge in [0.2, 0.25) is 0 Å². The van der Waals surface area contributed by atoms with Gasteiger partial charge in [-0.3, -0.25) is 20.6 Å². The van der Waals surface area contributed by atoms with Crippen LogP contribution in [0.1, 0.15) is 36.5 Å². The maximum Gasteiger partial charge on any atom is 0.286 e. The zero-order valence-electron chi connectivity index (χ0n) is 14.1. The van der Waals surface area contributed by atoms with Gasteiger partial charge in [-0.25, -0.2) is 0 Å². The number of ether oxygens (including phenoxy) is 2. The van der Waals surface area contributed by atoms with Gasteiger partial charge in [-0.15, -0.1) is 0 Å². The molecule has 1 aromatic rings. The smallest absolute Gasteiger partial charge is 0.286 e. The van der Waals surface area contributed by atoms with E-state index in [-0.39, 0.29) is 17.1 Å². The van der Waals surface area contributed by atoms with E-state index in [4.69, 9.17) is 15.2 Å². The third kappa shape index (κ3) is 3.87. The van der Waals surface area contributed by atoms with E-state index in [1.54, 1.807) is 6.92 Å². The van der Waals surface area contributed by atoms with E-state index in [9.17, 15) is 19.7 Å². The van der Waals surface area contributed by atoms with Gasteiger partial charge in [-0.2, -0.15) is 0 Å². The predicted molar refractivity (Wildman–Crippen MR) is 88.7 cm³/mol. The maximum atomic E-state index is 12.7. The molecule has 0 aliphatic carbocycles. The number of hydrogen-bond acceptors (Lipinski definition) is 7. The first-order valence-corrected chi connectivity index (χ1v) is 7.97. The standard InChI is InChI=1S/C16H21N3O6/c1-3-15(17)25-14-8-12(19(22)23)11(7-13(14)24-2)16(21)18-6-4-5-10(18)9-20/h7-10,15H,3-6,17H2,1-2H3/t10?,15-/m0/s1. The van der Waals surface area contributed by atoms with Crippen LogP contribution in [-0.4, -0.2) is 47.9 Å². The number of carbonyl (C=O) groups is 2. The summed E-state index contributed by atoms with van der Waals surface area (Å²) in [6.45, 7) is 2.18. The zero-order valence-corrected chi connectivity index (χ0v) is 14.1. The number of nitrogens with zero attached hydrogens (tertiary/aromatic N) is 2. The van der Waals surface area contributed by atoms with E-state index in [2.05, 4.69) is 0 Å². The number of likely N-dealkylation sites (tertiary alicyclic amines) is 1. The van der Waals surface area contributed by atoms with Crippen molar-refractivity contribution in [1.82, 2.24) is 4.90 Å². The number of benzene rings is 1. The molecular weight excluding hydrogens is 330 g/mol. The number of carbonyl (C=O) groups excluding carboxylic acids is 2. The minimum Gasteiger partial charge on any atom is -0.493 e. The Kier molecular flexibility index (Phi) is 5.92. The molecule has 1 aliphatic rings. The molecule has 2 atom stereocenters. The van der Waals surface area contributed by atoms with Gasteiger partial charge in [-0.1, -0.05) is 6.92 Å². The minimum atomic E-state index is -0.664. The molecular formula is C16H21N3O6. The second-order valence-electron chi connectivity index (χ2n) is 5.69. The molecule has 2 rings (SSSR count). The van der Waals surface area contributed by atoms with Gasteiger partial charge in [0.25, 0.3) is 11.6 Å². The highest BCUT2D eigenvalue weighted by Gasteiger charge is 2.34. The fraction of sp³-hybridized carbons (Fsp3) is 0.500. The van der Waals surface area contributed by atoms with E-state index in [0.29, 0.717) is 32.1 Å². The van der Waals surface area contributed by atoms with Crippen LogP contribution in [-0.2, 0) is 4.79 Å². The highest BCUT2D eigenvalue weighted by Crippen LogP contribution is 2.36. The van der Waals surface area contributed by atoms with Crippen molar-refractivity contribution < 1.29 is 24.0 Å². The molecule has 9 heteroatoms. The molecule has 1 heterocycles. The minimum absolute atomic E-state index is 0.0912. The summed E-state index contributed by atoms with van der Waals surface area (Å²) in [5.74, 6) is -0.320. The fourth-order valence-electron chi connectivity index (χ4n) is 2.71. The lowest BCUT2D eigenvalue weighted by Gasteiger charge is -2.21. The fourth-order valence-corrected chi connectivity index (χ4v) is 2.71. The summed E-state index contributed by atoms with van der Waals surface area (Å²) in [5, 5.41) is 11.4. The van der Waals surface area contributed by atoms with Crippen LogP contribution in [0.2, 0.25) is 0 Å². The van der Waals surface area contributed by atoms with Crippen LogP contribution in [0.25, 0.3) is 0 Å². The van der Waals surface area contributed by atoms with Crippen LogP contribution in [0.15, 0.2) is 12.1 Å². The number of rotatable bonds is 7. The molecule has 1 aromatic carbocycles. The molecule has 0 aromatic heterocycles. The Morgan fingerprint density at radius 2 is 2.24 bits per heavy atom. The molecule has 0 spiro atoms. The number of nitro benzene ring substituents is 1. The van der Waals surface area contributed by atoms with Crippen molar-refractivity contribution in [1.29, 1.82) is 0 Å². The van der Waals surface area contributed by atoms with Gasteiger partial charge >= 0.3 is 0 Å². The average Bonchev–Trinajstić information content (AvgIpc) is 3.09. The molecule has 25 heavy (non-hydrogen) atoms. The van der Waals surface area contributed by atoms with Gasteiger partial charge in [0, 0.05) is 12.6 Å². The average molecular weight is 351 g/mol. The van der Waals surface area contributed by atoms with Crippen LogP contribution >= 0.6 is 0 Å². The van der Waals surface area contributed by atoms with Crippen molar-refractivity contribution in [3.8, 4) is 11.5 Å². The summed E-state index contributed by atoms with van der Waals surface area (Å²) < 4.78 is 10.6. The third-order valence-corrected chi connectivity index (χ3v) is 4.11. The Morgan fingerprint density at radius 3 is 2.80 bits per heavy atom. The van der Waals surface area contributed by atoms with E-state index < -0.39 is 28.8 Å². The lowest BCUT2D eigenvalue weighted by atomic mass is 10.1. The molecule has 1 amide bonds. The van der Waals surface area contributed by atoms with Crippen molar-refractivity contribution >= 4 is 17.9 Å². The summed E-state index contributed by atoms with van der Waals surface area (Å²) >= 11 is 0. The van der Waals surface area contributed by atoms with Gasteiger partial charge in [0.15, 0.2) is 11.5 Å². The van der Waals surface area contributed by atoms with Gasteiger partial charge < -0.3 is 19.2 Å². The van der Waals surface area contributed by atoms with E-state index in [1.165, 1.54) is 18.1 Å². The van der Waals surface area contributed by atoms with Crippen molar-refractivity contribution in [2.24, 2.45) is 5.73 Å². The van der Waals surface area contributed by atoms with Crippen molar-refractivity contribution in [2.75, 3.05) is 13.7 Å². The Morgan fingerprint density at radius 1 is 1.52 bits per heavy atom. The van der Waals surface area contributed by atoms with Crippen LogP contribution < -0.4 is 15.2 Å². The summed E-state index contributed by atoms with van der Waals surface area (Å²) in [6.07, 6.45) is 1.74. The molecule has 0 radical (unpaired) electrons. The van der Waals surface area contributed by atoms with Crippen LogP contribution in [0, 0.1) is 10.1 Å². The molecule has 0 saturated carbocycles. The molecule has 1 unspecified atom stereocenters. The largest absolute Gasteiger partial charge is 0.493 e. The lowest BCUT2D eigenvalue weighted by molar-refractivity contribution is -0.385. The maximum absolute atomic E-state index is 12.7. The van der Waals surface area contributed by atoms with Crippen LogP contribution in [0.3, 0.4) is 0 Å². The highest BCUT2D eigenvalue weighted by molar-refractivity contribution is 6.00. The normalized spacial score (nSPS) is 17.9. The Labute approximate surface area is 144 Å². The Bertz CT molecular complexity index is 678. The summed E-state index contributed by atoms with van der Waals surface area (Å²) in [4.78, 5) is 36.0. The van der Waals surface area contributed by atoms with Crippen molar-refractivity contribution in [2.45, 2.75) is 38.5 Å². The number of amides is 1. The number of aldehydes is 1. The molecule has 2 N–H and O–H groups in total. The first kappa shape index (κ1) is 18.7. The van der Waals surface area contributed by atoms with E-state index >= 15 is 0 Å². The summed E-state index contributed by atoms with van der Waals surface area (Å²) in [6, 6.07) is 1.83. The number of methoxy groups -OCH3 is 1. The SMILES string of the molecule is CC[C@@H](N)Oc1cc([N+](=O)[O-])c(C(=O)N2CCCC2C=O)cc1OC. The topological polar surface area (TPSA) is 125 Å². The third-order valence-electron chi connectivity index (χ3n) is 4.11. The first-order valence-electron chi connectivity index (χ1n) is 7.97. The highest BCUT2D eigenvalue weighted by atomic mass is 16.6. The molecule has 9 nitrogen and oxygen atoms in total. The second-order valence-corrected chi connectivity index (χ2v) is 5.69. The molecule has 136 valence electrons. The van der Waals surface area contributed by atoms with Gasteiger partial charge in [0.1, 0.15) is 18.1 Å². The Hall–Kier alpha value is -2.68. The van der Waals surface area contributed by atoms with E-state index in [0.717, 1.165) is 6.07 Å². The molecule has 0 bridgehead atoms. The van der Waals surface area contributed by atoms with Gasteiger partial charge in [-0.05, 0) is 19.3 Å². The Balaban J connectivity index is 2.47. The zero-order chi connectivity index (χ0) is 18.6. The van der Waals surface area contributed by atoms with Crippen LogP contribution in [0.4, 0.5) is 5.69 Å². The molecule has 1 fully saturated rings. The number of nitro groups is 1.